The number of hydrogen-bond donors (Lipinski definition) is 0. The van der Waals surface area contributed by atoms with Gasteiger partial charge in [-0.1, -0.05) is 26.0 Å². The van der Waals surface area contributed by atoms with Crippen molar-refractivity contribution < 1.29 is 23.5 Å². The molecule has 6 rings (SSSR count). The largest absolute Gasteiger partial charge is 0.496 e. The van der Waals surface area contributed by atoms with Gasteiger partial charge in [0.15, 0.2) is 5.89 Å². The SMILES string of the molecule is CCc1nc(-c2ccnc(N(CC3CCC(c4ccc(OC)c(C)c4)CC3)C(=O)C3CCC(OC(=O)N4CC(C)C4)CC3)c2)co1. The first kappa shape index (κ1) is 32.1. The number of amides is 2. The normalized spacial score (nSPS) is 23.4. The van der Waals surface area contributed by atoms with E-state index in [0.29, 0.717) is 61.7 Å². The van der Waals surface area contributed by atoms with Gasteiger partial charge >= 0.3 is 6.09 Å². The van der Waals surface area contributed by atoms with E-state index in [0.717, 1.165) is 62.2 Å². The minimum atomic E-state index is -0.213. The third-order valence-electron chi connectivity index (χ3n) is 10.2. The maximum Gasteiger partial charge on any atom is 0.410 e. The number of pyridine rings is 1. The highest BCUT2D eigenvalue weighted by Gasteiger charge is 2.36. The number of benzene rings is 1. The van der Waals surface area contributed by atoms with Gasteiger partial charge in [-0.2, -0.15) is 0 Å². The number of rotatable bonds is 9. The molecule has 2 aliphatic carbocycles. The van der Waals surface area contributed by atoms with Crippen LogP contribution >= 0.6 is 0 Å². The van der Waals surface area contributed by atoms with Crippen LogP contribution in [0.4, 0.5) is 10.6 Å². The number of hydrogen-bond acceptors (Lipinski definition) is 7. The van der Waals surface area contributed by atoms with E-state index in [-0.39, 0.29) is 24.0 Å². The van der Waals surface area contributed by atoms with Gasteiger partial charge in [0.05, 0.1) is 7.11 Å². The molecule has 3 heterocycles. The van der Waals surface area contributed by atoms with Crippen LogP contribution in [-0.4, -0.2) is 59.7 Å². The van der Waals surface area contributed by atoms with Crippen molar-refractivity contribution in [2.75, 3.05) is 31.6 Å². The first-order valence-corrected chi connectivity index (χ1v) is 17.1. The smallest absolute Gasteiger partial charge is 0.410 e. The van der Waals surface area contributed by atoms with E-state index in [1.54, 1.807) is 24.5 Å². The van der Waals surface area contributed by atoms with Crippen LogP contribution in [0, 0.1) is 24.7 Å². The molecule has 0 bridgehead atoms. The molecule has 3 aliphatic rings. The average molecular weight is 629 g/mol. The lowest BCUT2D eigenvalue weighted by molar-refractivity contribution is -0.124. The minimum Gasteiger partial charge on any atom is -0.496 e. The number of oxazole rings is 1. The molecule has 9 nitrogen and oxygen atoms in total. The van der Waals surface area contributed by atoms with Crippen molar-refractivity contribution in [2.24, 2.45) is 17.8 Å². The lowest BCUT2D eigenvalue weighted by atomic mass is 9.78. The quantitative estimate of drug-likeness (QED) is 0.241. The number of nitrogens with zero attached hydrogens (tertiary/aromatic N) is 4. The van der Waals surface area contributed by atoms with Crippen LogP contribution < -0.4 is 9.64 Å². The van der Waals surface area contributed by atoms with E-state index in [4.69, 9.17) is 18.9 Å². The van der Waals surface area contributed by atoms with Crippen LogP contribution in [0.3, 0.4) is 0 Å². The Kier molecular flexibility index (Phi) is 9.95. The average Bonchev–Trinajstić information content (AvgIpc) is 3.56. The molecule has 2 amide bonds. The summed E-state index contributed by atoms with van der Waals surface area (Å²) in [6, 6.07) is 10.4. The zero-order valence-corrected chi connectivity index (χ0v) is 27.7. The van der Waals surface area contributed by atoms with Crippen LogP contribution in [0.5, 0.6) is 5.75 Å². The molecular formula is C37H48N4O5. The molecule has 2 saturated carbocycles. The fraction of sp³-hybridized carbons (Fsp3) is 0.568. The first-order chi connectivity index (χ1) is 22.3. The number of aromatic nitrogens is 2. The molecule has 0 N–H and O–H groups in total. The highest BCUT2D eigenvalue weighted by molar-refractivity contribution is 5.94. The van der Waals surface area contributed by atoms with E-state index in [2.05, 4.69) is 37.0 Å². The number of carbonyl (C=O) groups excluding carboxylic acids is 2. The predicted molar refractivity (Wildman–Crippen MR) is 177 cm³/mol. The Morgan fingerprint density at radius 1 is 1.02 bits per heavy atom. The van der Waals surface area contributed by atoms with E-state index < -0.39 is 0 Å². The second-order valence-electron chi connectivity index (χ2n) is 13.6. The van der Waals surface area contributed by atoms with Crippen LogP contribution in [0.1, 0.15) is 88.1 Å². The summed E-state index contributed by atoms with van der Waals surface area (Å²) in [6.07, 6.45) is 10.9. The Bertz CT molecular complexity index is 1500. The number of likely N-dealkylation sites (tertiary alicyclic amines) is 1. The van der Waals surface area contributed by atoms with Crippen molar-refractivity contribution in [3.63, 3.8) is 0 Å². The second kappa shape index (κ2) is 14.3. The number of aryl methyl sites for hydroxylation is 2. The van der Waals surface area contributed by atoms with E-state index >= 15 is 0 Å². The summed E-state index contributed by atoms with van der Waals surface area (Å²) in [4.78, 5) is 39.8. The van der Waals surface area contributed by atoms with Gasteiger partial charge < -0.3 is 18.8 Å². The molecule has 1 aromatic carbocycles. The van der Waals surface area contributed by atoms with Crippen LogP contribution in [0.15, 0.2) is 47.2 Å². The first-order valence-electron chi connectivity index (χ1n) is 17.1. The molecule has 3 fully saturated rings. The molecule has 46 heavy (non-hydrogen) atoms. The third kappa shape index (κ3) is 7.24. The Labute approximate surface area is 272 Å². The van der Waals surface area contributed by atoms with E-state index in [9.17, 15) is 9.59 Å². The summed E-state index contributed by atoms with van der Waals surface area (Å²) in [6.45, 7) is 8.43. The summed E-state index contributed by atoms with van der Waals surface area (Å²) in [7, 11) is 1.72. The van der Waals surface area contributed by atoms with Crippen molar-refractivity contribution >= 4 is 17.8 Å². The van der Waals surface area contributed by atoms with Crippen molar-refractivity contribution in [2.45, 2.75) is 90.6 Å². The molecule has 246 valence electrons. The molecule has 1 saturated heterocycles. The van der Waals surface area contributed by atoms with E-state index in [1.165, 1.54) is 11.1 Å². The highest BCUT2D eigenvalue weighted by atomic mass is 16.6. The standard InChI is InChI=1S/C37H48N4O5/c1-5-35-39-32(23-45-35)30-16-17-38-34(19-30)41(22-26-6-8-27(9-7-26)29-12-15-33(44-4)25(3)18-29)36(42)28-10-13-31(14-11-28)46-37(43)40-20-24(2)21-40/h12,15-19,23-24,26-28,31H,5-11,13-14,20-22H2,1-4H3. The maximum absolute atomic E-state index is 14.3. The fourth-order valence-corrected chi connectivity index (χ4v) is 7.43. The monoisotopic (exact) mass is 628 g/mol. The number of carbonyl (C=O) groups is 2. The molecule has 2 aromatic heterocycles. The minimum absolute atomic E-state index is 0.119. The zero-order valence-electron chi connectivity index (χ0n) is 27.7. The second-order valence-corrected chi connectivity index (χ2v) is 13.6. The van der Waals surface area contributed by atoms with E-state index in [1.807, 2.05) is 24.0 Å². The topological polar surface area (TPSA) is 98.0 Å². The van der Waals surface area contributed by atoms with Gasteiger partial charge in [0.1, 0.15) is 29.6 Å². The maximum atomic E-state index is 14.3. The molecule has 9 heteroatoms. The number of ether oxygens (including phenoxy) is 2. The van der Waals surface area contributed by atoms with Gasteiger partial charge in [-0.25, -0.2) is 14.8 Å². The third-order valence-corrected chi connectivity index (χ3v) is 10.2. The molecule has 3 aromatic rings. The summed E-state index contributed by atoms with van der Waals surface area (Å²) < 4.78 is 16.9. The van der Waals surface area contributed by atoms with Crippen LogP contribution in [0.2, 0.25) is 0 Å². The Balaban J connectivity index is 1.14. The van der Waals surface area contributed by atoms with Crippen molar-refractivity contribution in [3.8, 4) is 17.0 Å². The van der Waals surface area contributed by atoms with Gasteiger partial charge in [0.2, 0.25) is 5.91 Å². The number of methoxy groups -OCH3 is 1. The lowest BCUT2D eigenvalue weighted by Gasteiger charge is -2.38. The molecular weight excluding hydrogens is 580 g/mol. The summed E-state index contributed by atoms with van der Waals surface area (Å²) in [5.41, 5.74) is 4.18. The fourth-order valence-electron chi connectivity index (χ4n) is 7.43. The Morgan fingerprint density at radius 2 is 1.78 bits per heavy atom. The van der Waals surface area contributed by atoms with Gasteiger partial charge in [-0.3, -0.25) is 9.69 Å². The highest BCUT2D eigenvalue weighted by Crippen LogP contribution is 2.39. The Morgan fingerprint density at radius 3 is 2.43 bits per heavy atom. The zero-order chi connectivity index (χ0) is 32.2. The summed E-state index contributed by atoms with van der Waals surface area (Å²) in [5, 5.41) is 0. The van der Waals surface area contributed by atoms with Crippen LogP contribution in [0.25, 0.3) is 11.3 Å². The molecule has 0 spiro atoms. The Hall–Kier alpha value is -3.88. The van der Waals surface area contributed by atoms with Gasteiger partial charge in [0, 0.05) is 43.7 Å². The molecule has 0 atom stereocenters. The summed E-state index contributed by atoms with van der Waals surface area (Å²) in [5.74, 6) is 3.72. The number of anilines is 1. The van der Waals surface area contributed by atoms with Gasteiger partial charge in [-0.05, 0) is 105 Å². The molecule has 0 radical (unpaired) electrons. The van der Waals surface area contributed by atoms with Crippen LogP contribution in [-0.2, 0) is 16.0 Å². The molecule has 1 aliphatic heterocycles. The van der Waals surface area contributed by atoms with Crippen molar-refractivity contribution in [1.29, 1.82) is 0 Å². The lowest BCUT2D eigenvalue weighted by Crippen LogP contribution is -2.50. The summed E-state index contributed by atoms with van der Waals surface area (Å²) >= 11 is 0. The van der Waals surface area contributed by atoms with Gasteiger partial charge in [-0.15, -0.1) is 0 Å². The van der Waals surface area contributed by atoms with Crippen molar-refractivity contribution in [3.05, 3.63) is 59.8 Å². The van der Waals surface area contributed by atoms with Gasteiger partial charge in [0.25, 0.3) is 0 Å². The molecule has 0 unspecified atom stereocenters. The van der Waals surface area contributed by atoms with Crippen molar-refractivity contribution in [1.82, 2.24) is 14.9 Å². The predicted octanol–water partition coefficient (Wildman–Crippen LogP) is 7.57.